The van der Waals surface area contributed by atoms with Gasteiger partial charge in [-0.3, -0.25) is 0 Å². The maximum Gasteiger partial charge on any atom is 0.323 e. The first-order valence-electron chi connectivity index (χ1n) is 8.85. The molecule has 1 aromatic heterocycles. The third-order valence-corrected chi connectivity index (χ3v) is 4.68. The number of carbonyl (C=O) groups is 1. The fourth-order valence-corrected chi connectivity index (χ4v) is 3.17. The molecule has 0 saturated carbocycles. The van der Waals surface area contributed by atoms with Gasteiger partial charge in [-0.05, 0) is 48.5 Å². The minimum atomic E-state index is -0.491. The molecule has 0 spiro atoms. The summed E-state index contributed by atoms with van der Waals surface area (Å²) in [5, 5.41) is 6.50. The van der Waals surface area contributed by atoms with Crippen molar-refractivity contribution in [3.8, 4) is 0 Å². The van der Waals surface area contributed by atoms with Gasteiger partial charge in [0.25, 0.3) is 0 Å². The zero-order valence-electron chi connectivity index (χ0n) is 14.9. The molecule has 0 bridgehead atoms. The maximum atomic E-state index is 14.6. The van der Waals surface area contributed by atoms with Gasteiger partial charge < -0.3 is 20.3 Å². The van der Waals surface area contributed by atoms with E-state index in [2.05, 4.69) is 20.5 Å². The lowest BCUT2D eigenvalue weighted by Crippen LogP contribution is -2.36. The van der Waals surface area contributed by atoms with Crippen LogP contribution in [0.5, 0.6) is 0 Å². The van der Waals surface area contributed by atoms with Crippen LogP contribution in [-0.2, 0) is 4.74 Å². The van der Waals surface area contributed by atoms with Crippen LogP contribution in [-0.4, -0.2) is 37.3 Å². The minimum Gasteiger partial charge on any atom is -0.378 e. The fourth-order valence-electron chi connectivity index (χ4n) is 3.05. The standard InChI is InChI=1S/C20H18ClFN4O2/c21-14-2-4-15(5-3-14)23-20(27)24-16-11-13-1-6-18(25-19(13)17(22)12-16)26-7-9-28-10-8-26/h1-6,11-12H,7-10H2,(H2,23,24,27). The van der Waals surface area contributed by atoms with Gasteiger partial charge in [0.2, 0.25) is 0 Å². The molecule has 0 atom stereocenters. The number of nitrogens with one attached hydrogen (secondary N) is 2. The van der Waals surface area contributed by atoms with E-state index >= 15 is 0 Å². The molecule has 6 nitrogen and oxygen atoms in total. The molecule has 1 fully saturated rings. The van der Waals surface area contributed by atoms with Gasteiger partial charge in [-0.1, -0.05) is 11.6 Å². The molecule has 2 aromatic carbocycles. The molecule has 0 radical (unpaired) electrons. The summed E-state index contributed by atoms with van der Waals surface area (Å²) in [6.07, 6.45) is 0. The van der Waals surface area contributed by atoms with Crippen LogP contribution in [0.25, 0.3) is 10.9 Å². The van der Waals surface area contributed by atoms with E-state index in [4.69, 9.17) is 16.3 Å². The molecule has 2 heterocycles. The summed E-state index contributed by atoms with van der Waals surface area (Å²) < 4.78 is 20.0. The number of rotatable bonds is 3. The molecule has 144 valence electrons. The van der Waals surface area contributed by atoms with Gasteiger partial charge in [0.05, 0.1) is 13.2 Å². The predicted molar refractivity (Wildman–Crippen MR) is 109 cm³/mol. The fraction of sp³-hybridized carbons (Fsp3) is 0.200. The van der Waals surface area contributed by atoms with E-state index in [0.29, 0.717) is 35.0 Å². The van der Waals surface area contributed by atoms with Gasteiger partial charge in [-0.15, -0.1) is 0 Å². The van der Waals surface area contributed by atoms with Gasteiger partial charge in [0.1, 0.15) is 11.3 Å². The maximum absolute atomic E-state index is 14.6. The average molecular weight is 401 g/mol. The molecular formula is C20H18ClFN4O2. The lowest BCUT2D eigenvalue weighted by Gasteiger charge is -2.28. The Bertz CT molecular complexity index is 1010. The van der Waals surface area contributed by atoms with E-state index in [1.165, 1.54) is 6.07 Å². The zero-order valence-corrected chi connectivity index (χ0v) is 15.7. The van der Waals surface area contributed by atoms with Crippen LogP contribution in [0.2, 0.25) is 5.02 Å². The summed E-state index contributed by atoms with van der Waals surface area (Å²) in [6, 6.07) is 12.8. The molecule has 0 aliphatic carbocycles. The largest absolute Gasteiger partial charge is 0.378 e. The van der Waals surface area contributed by atoms with E-state index in [1.54, 1.807) is 36.4 Å². The van der Waals surface area contributed by atoms with Crippen molar-refractivity contribution in [3.63, 3.8) is 0 Å². The van der Waals surface area contributed by atoms with Gasteiger partial charge in [-0.25, -0.2) is 14.2 Å². The molecule has 2 N–H and O–H groups in total. The van der Waals surface area contributed by atoms with Crippen molar-refractivity contribution >= 4 is 45.7 Å². The number of carbonyl (C=O) groups excluding carboxylic acids is 1. The van der Waals surface area contributed by atoms with Gasteiger partial charge >= 0.3 is 6.03 Å². The third-order valence-electron chi connectivity index (χ3n) is 4.43. The zero-order chi connectivity index (χ0) is 19.5. The normalized spacial score (nSPS) is 14.1. The highest BCUT2D eigenvalue weighted by atomic mass is 35.5. The lowest BCUT2D eigenvalue weighted by molar-refractivity contribution is 0.122. The number of hydrogen-bond donors (Lipinski definition) is 2. The van der Waals surface area contributed by atoms with Crippen LogP contribution in [0.1, 0.15) is 0 Å². The number of benzene rings is 2. The summed E-state index contributed by atoms with van der Waals surface area (Å²) in [4.78, 5) is 18.7. The van der Waals surface area contributed by atoms with Crippen LogP contribution in [0, 0.1) is 5.82 Å². The van der Waals surface area contributed by atoms with Crippen LogP contribution in [0.4, 0.5) is 26.4 Å². The molecule has 3 aromatic rings. The summed E-state index contributed by atoms with van der Waals surface area (Å²) in [5.74, 6) is 0.227. The van der Waals surface area contributed by atoms with Crippen LogP contribution in [0.15, 0.2) is 48.5 Å². The first kappa shape index (κ1) is 18.5. The molecule has 8 heteroatoms. The molecule has 0 unspecified atom stereocenters. The summed E-state index contributed by atoms with van der Waals surface area (Å²) in [7, 11) is 0. The molecular weight excluding hydrogens is 383 g/mol. The van der Waals surface area contributed by atoms with Crippen LogP contribution >= 0.6 is 11.6 Å². The highest BCUT2D eigenvalue weighted by molar-refractivity contribution is 6.30. The summed E-state index contributed by atoms with van der Waals surface area (Å²) >= 11 is 5.83. The highest BCUT2D eigenvalue weighted by Crippen LogP contribution is 2.25. The Morgan fingerprint density at radius 1 is 1.04 bits per heavy atom. The number of pyridine rings is 1. The van der Waals surface area contributed by atoms with Crippen LogP contribution < -0.4 is 15.5 Å². The number of fused-ring (bicyclic) bond motifs is 1. The van der Waals surface area contributed by atoms with Crippen molar-refractivity contribution in [3.05, 3.63) is 59.4 Å². The molecule has 1 saturated heterocycles. The van der Waals surface area contributed by atoms with E-state index in [0.717, 1.165) is 18.9 Å². The number of ether oxygens (including phenoxy) is 1. The molecule has 1 aliphatic heterocycles. The van der Waals surface area contributed by atoms with E-state index in [-0.39, 0.29) is 5.52 Å². The van der Waals surface area contributed by atoms with Crippen molar-refractivity contribution in [1.82, 2.24) is 4.98 Å². The number of anilines is 3. The molecule has 1 aliphatic rings. The Balaban J connectivity index is 1.51. The second-order valence-electron chi connectivity index (χ2n) is 6.38. The first-order chi connectivity index (χ1) is 13.6. The average Bonchev–Trinajstić information content (AvgIpc) is 2.70. The number of morpholine rings is 1. The monoisotopic (exact) mass is 400 g/mol. The van der Waals surface area contributed by atoms with Gasteiger partial charge in [0.15, 0.2) is 5.82 Å². The van der Waals surface area contributed by atoms with E-state index in [1.807, 2.05) is 6.07 Å². The number of aromatic nitrogens is 1. The lowest BCUT2D eigenvalue weighted by atomic mass is 10.2. The Labute approximate surface area is 166 Å². The summed E-state index contributed by atoms with van der Waals surface area (Å²) in [5.41, 5.74) is 1.20. The summed E-state index contributed by atoms with van der Waals surface area (Å²) in [6.45, 7) is 2.72. The van der Waals surface area contributed by atoms with Crippen LogP contribution in [0.3, 0.4) is 0 Å². The van der Waals surface area contributed by atoms with Crippen molar-refractivity contribution in [1.29, 1.82) is 0 Å². The highest BCUT2D eigenvalue weighted by Gasteiger charge is 2.15. The third kappa shape index (κ3) is 4.16. The van der Waals surface area contributed by atoms with Gasteiger partial charge in [-0.2, -0.15) is 0 Å². The molecule has 2 amide bonds. The second-order valence-corrected chi connectivity index (χ2v) is 6.82. The van der Waals surface area contributed by atoms with E-state index < -0.39 is 11.8 Å². The number of amides is 2. The number of halogens is 2. The number of urea groups is 1. The smallest absolute Gasteiger partial charge is 0.323 e. The SMILES string of the molecule is O=C(Nc1ccc(Cl)cc1)Nc1cc(F)c2nc(N3CCOCC3)ccc2c1. The second kappa shape index (κ2) is 8.00. The number of nitrogens with zero attached hydrogens (tertiary/aromatic N) is 2. The topological polar surface area (TPSA) is 66.5 Å². The molecule has 4 rings (SSSR count). The Morgan fingerprint density at radius 2 is 1.75 bits per heavy atom. The number of hydrogen-bond acceptors (Lipinski definition) is 4. The quantitative estimate of drug-likeness (QED) is 0.679. The Kier molecular flexibility index (Phi) is 5.27. The first-order valence-corrected chi connectivity index (χ1v) is 9.23. The van der Waals surface area contributed by atoms with Crippen molar-refractivity contribution in [2.45, 2.75) is 0 Å². The predicted octanol–water partition coefficient (Wildman–Crippen LogP) is 4.51. The van der Waals surface area contributed by atoms with Crippen molar-refractivity contribution in [2.24, 2.45) is 0 Å². The Hall–Kier alpha value is -2.90. The molecule has 28 heavy (non-hydrogen) atoms. The van der Waals surface area contributed by atoms with Crippen molar-refractivity contribution in [2.75, 3.05) is 41.8 Å². The van der Waals surface area contributed by atoms with Gasteiger partial charge in [0, 0.05) is 34.9 Å². The van der Waals surface area contributed by atoms with E-state index in [9.17, 15) is 9.18 Å². The minimum absolute atomic E-state index is 0.271. The van der Waals surface area contributed by atoms with Crippen molar-refractivity contribution < 1.29 is 13.9 Å². The Morgan fingerprint density at radius 3 is 2.50 bits per heavy atom.